The number of fused-ring (bicyclic) bond motifs is 1. The van der Waals surface area contributed by atoms with Crippen LogP contribution in [0.2, 0.25) is 0 Å². The summed E-state index contributed by atoms with van der Waals surface area (Å²) in [4.78, 5) is 34.0. The predicted molar refractivity (Wildman–Crippen MR) is 79.8 cm³/mol. The van der Waals surface area contributed by atoms with Gasteiger partial charge in [-0.25, -0.2) is 0 Å². The molecule has 0 aromatic heterocycles. The van der Waals surface area contributed by atoms with Crippen LogP contribution in [-0.2, 0) is 14.4 Å². The van der Waals surface area contributed by atoms with E-state index in [1.807, 2.05) is 0 Å². The minimum atomic E-state index is -0.935. The molecule has 1 aromatic rings. The smallest absolute Gasteiger partial charge is 0.303 e. The van der Waals surface area contributed by atoms with Crippen molar-refractivity contribution in [2.45, 2.75) is 26.7 Å². The number of carbonyl (C=O) groups is 3. The van der Waals surface area contributed by atoms with Crippen molar-refractivity contribution in [1.82, 2.24) is 0 Å². The average molecular weight is 306 g/mol. The molecule has 1 aromatic carbocycles. The number of carbonyl (C=O) groups excluding carboxylic acids is 2. The number of aliphatic carboxylic acids is 1. The number of anilines is 2. The zero-order chi connectivity index (χ0) is 16.3. The quantitative estimate of drug-likeness (QED) is 0.770. The van der Waals surface area contributed by atoms with Gasteiger partial charge >= 0.3 is 5.97 Å². The van der Waals surface area contributed by atoms with Crippen LogP contribution < -0.4 is 15.4 Å². The lowest BCUT2D eigenvalue weighted by Crippen LogP contribution is -2.26. The van der Waals surface area contributed by atoms with E-state index in [9.17, 15) is 14.4 Å². The van der Waals surface area contributed by atoms with E-state index in [-0.39, 0.29) is 31.3 Å². The highest BCUT2D eigenvalue weighted by Gasteiger charge is 2.25. The molecule has 1 aliphatic rings. The van der Waals surface area contributed by atoms with Crippen molar-refractivity contribution >= 4 is 29.2 Å². The van der Waals surface area contributed by atoms with E-state index >= 15 is 0 Å². The van der Waals surface area contributed by atoms with E-state index in [0.717, 1.165) is 0 Å². The van der Waals surface area contributed by atoms with E-state index in [0.29, 0.717) is 17.1 Å². The highest BCUT2D eigenvalue weighted by atomic mass is 16.5. The van der Waals surface area contributed by atoms with Gasteiger partial charge in [0.2, 0.25) is 5.91 Å². The Morgan fingerprint density at radius 1 is 1.36 bits per heavy atom. The number of ether oxygens (including phenoxy) is 1. The Labute approximate surface area is 127 Å². The molecule has 3 N–H and O–H groups in total. The van der Waals surface area contributed by atoms with Crippen molar-refractivity contribution in [1.29, 1.82) is 0 Å². The predicted octanol–water partition coefficient (Wildman–Crippen LogP) is 1.85. The third kappa shape index (κ3) is 4.21. The monoisotopic (exact) mass is 306 g/mol. The Morgan fingerprint density at radius 3 is 2.77 bits per heavy atom. The summed E-state index contributed by atoms with van der Waals surface area (Å²) < 4.78 is 5.27. The number of rotatable bonds is 5. The van der Waals surface area contributed by atoms with Gasteiger partial charge in [-0.3, -0.25) is 14.4 Å². The zero-order valence-electron chi connectivity index (χ0n) is 12.4. The molecule has 118 valence electrons. The number of benzene rings is 1. The van der Waals surface area contributed by atoms with Gasteiger partial charge in [0.25, 0.3) is 5.91 Å². The van der Waals surface area contributed by atoms with Gasteiger partial charge < -0.3 is 20.5 Å². The summed E-state index contributed by atoms with van der Waals surface area (Å²) in [5.41, 5.74) is 0.459. The van der Waals surface area contributed by atoms with Gasteiger partial charge in [0.1, 0.15) is 5.75 Å². The van der Waals surface area contributed by atoms with E-state index in [4.69, 9.17) is 9.84 Å². The largest absolute Gasteiger partial charge is 0.482 e. The fourth-order valence-electron chi connectivity index (χ4n) is 2.26. The van der Waals surface area contributed by atoms with Crippen LogP contribution >= 0.6 is 0 Å². The lowest BCUT2D eigenvalue weighted by molar-refractivity contribution is -0.139. The molecule has 0 fully saturated rings. The highest BCUT2D eigenvalue weighted by Crippen LogP contribution is 2.31. The van der Waals surface area contributed by atoms with Crippen LogP contribution in [0, 0.1) is 5.41 Å². The highest BCUT2D eigenvalue weighted by molar-refractivity contribution is 5.97. The van der Waals surface area contributed by atoms with Crippen molar-refractivity contribution in [3.05, 3.63) is 18.2 Å². The molecule has 22 heavy (non-hydrogen) atoms. The standard InChI is InChI=1S/C15H18N2O5/c1-15(2,7-14(20)21)6-12(18)16-9-3-4-10-11(5-9)22-8-13(19)17-10/h3-5H,6-8H2,1-2H3,(H,16,18)(H,17,19)(H,20,21). The number of carboxylic acids is 1. The van der Waals surface area contributed by atoms with Gasteiger partial charge in [-0.15, -0.1) is 0 Å². The minimum absolute atomic E-state index is 0.0595. The number of nitrogens with one attached hydrogen (secondary N) is 2. The molecule has 0 unspecified atom stereocenters. The van der Waals surface area contributed by atoms with Gasteiger partial charge in [0.15, 0.2) is 6.61 Å². The SMILES string of the molecule is CC(C)(CC(=O)O)CC(=O)Nc1ccc2c(c1)OCC(=O)N2. The van der Waals surface area contributed by atoms with E-state index in [1.54, 1.807) is 32.0 Å². The van der Waals surface area contributed by atoms with Crippen molar-refractivity contribution in [2.24, 2.45) is 5.41 Å². The van der Waals surface area contributed by atoms with Crippen LogP contribution in [-0.4, -0.2) is 29.5 Å². The molecule has 2 rings (SSSR count). The van der Waals surface area contributed by atoms with Gasteiger partial charge in [-0.1, -0.05) is 13.8 Å². The summed E-state index contributed by atoms with van der Waals surface area (Å²) in [6.07, 6.45) is 0.00767. The van der Waals surface area contributed by atoms with Gasteiger partial charge in [0, 0.05) is 18.2 Å². The Balaban J connectivity index is 2.00. The summed E-state index contributed by atoms with van der Waals surface area (Å²) in [6, 6.07) is 4.91. The fraction of sp³-hybridized carbons (Fsp3) is 0.400. The molecule has 0 aliphatic carbocycles. The zero-order valence-corrected chi connectivity index (χ0v) is 12.4. The lowest BCUT2D eigenvalue weighted by atomic mass is 9.85. The van der Waals surface area contributed by atoms with Crippen LogP contribution in [0.5, 0.6) is 5.75 Å². The average Bonchev–Trinajstić information content (AvgIpc) is 2.36. The van der Waals surface area contributed by atoms with Gasteiger partial charge in [-0.2, -0.15) is 0 Å². The molecule has 2 amide bonds. The molecule has 7 nitrogen and oxygen atoms in total. The van der Waals surface area contributed by atoms with Crippen LogP contribution in [0.25, 0.3) is 0 Å². The molecular formula is C15H18N2O5. The summed E-state index contributed by atoms with van der Waals surface area (Å²) >= 11 is 0. The van der Waals surface area contributed by atoms with Crippen molar-refractivity contribution in [3.63, 3.8) is 0 Å². The third-order valence-corrected chi connectivity index (χ3v) is 3.17. The van der Waals surface area contributed by atoms with Gasteiger partial charge in [-0.05, 0) is 17.5 Å². The molecule has 1 aliphatic heterocycles. The number of hydrogen-bond acceptors (Lipinski definition) is 4. The maximum Gasteiger partial charge on any atom is 0.303 e. The Morgan fingerprint density at radius 2 is 2.09 bits per heavy atom. The fourth-order valence-corrected chi connectivity index (χ4v) is 2.26. The second-order valence-electron chi connectivity index (χ2n) is 6.01. The van der Waals surface area contributed by atoms with E-state index in [1.165, 1.54) is 0 Å². The summed E-state index contributed by atoms with van der Waals surface area (Å²) in [5.74, 6) is -0.941. The topological polar surface area (TPSA) is 105 Å². The number of carboxylic acid groups (broad SMARTS) is 1. The summed E-state index contributed by atoms with van der Waals surface area (Å²) in [6.45, 7) is 3.40. The molecule has 0 saturated carbocycles. The van der Waals surface area contributed by atoms with Crippen LogP contribution in [0.1, 0.15) is 26.7 Å². The first-order valence-electron chi connectivity index (χ1n) is 6.83. The Bertz CT molecular complexity index is 624. The first-order valence-corrected chi connectivity index (χ1v) is 6.83. The van der Waals surface area contributed by atoms with Crippen LogP contribution in [0.4, 0.5) is 11.4 Å². The second-order valence-corrected chi connectivity index (χ2v) is 6.01. The van der Waals surface area contributed by atoms with Crippen molar-refractivity contribution in [3.8, 4) is 5.75 Å². The van der Waals surface area contributed by atoms with Crippen LogP contribution in [0.3, 0.4) is 0 Å². The maximum atomic E-state index is 12.0. The normalized spacial score (nSPS) is 13.6. The van der Waals surface area contributed by atoms with E-state index in [2.05, 4.69) is 10.6 Å². The summed E-state index contributed by atoms with van der Waals surface area (Å²) in [5, 5.41) is 14.2. The maximum absolute atomic E-state index is 12.0. The third-order valence-electron chi connectivity index (χ3n) is 3.17. The van der Waals surface area contributed by atoms with E-state index < -0.39 is 11.4 Å². The number of hydrogen-bond donors (Lipinski definition) is 3. The molecule has 7 heteroatoms. The molecule has 1 heterocycles. The first kappa shape index (κ1) is 15.8. The summed E-state index contributed by atoms with van der Waals surface area (Å²) in [7, 11) is 0. The van der Waals surface area contributed by atoms with Crippen molar-refractivity contribution in [2.75, 3.05) is 17.2 Å². The molecule has 0 atom stereocenters. The van der Waals surface area contributed by atoms with Gasteiger partial charge in [0.05, 0.1) is 12.1 Å². The molecule has 0 bridgehead atoms. The minimum Gasteiger partial charge on any atom is -0.482 e. The number of amides is 2. The van der Waals surface area contributed by atoms with Crippen molar-refractivity contribution < 1.29 is 24.2 Å². The van der Waals surface area contributed by atoms with Crippen LogP contribution in [0.15, 0.2) is 18.2 Å². The molecule has 0 saturated heterocycles. The Hall–Kier alpha value is -2.57. The Kier molecular flexibility index (Phi) is 4.35. The molecular weight excluding hydrogens is 288 g/mol. The first-order chi connectivity index (χ1) is 10.2. The second kappa shape index (κ2) is 6.05. The molecule has 0 spiro atoms. The lowest BCUT2D eigenvalue weighted by Gasteiger charge is -2.22. The molecule has 0 radical (unpaired) electrons.